The van der Waals surface area contributed by atoms with Crippen LogP contribution in [0.4, 0.5) is 5.13 Å². The zero-order chi connectivity index (χ0) is 20.4. The van der Waals surface area contributed by atoms with Gasteiger partial charge in [0.1, 0.15) is 0 Å². The maximum absolute atomic E-state index is 13.4. The number of thiazole rings is 1. The van der Waals surface area contributed by atoms with Crippen LogP contribution in [0.25, 0.3) is 10.2 Å². The van der Waals surface area contributed by atoms with Crippen molar-refractivity contribution in [2.75, 3.05) is 11.4 Å². The summed E-state index contributed by atoms with van der Waals surface area (Å²) >= 11 is 5.05. The average molecular weight is 469 g/mol. The summed E-state index contributed by atoms with van der Waals surface area (Å²) in [5, 5.41) is 0.744. The topological polar surface area (TPSA) is 51.0 Å². The largest absolute Gasteiger partial charge is 0.337 e. The second kappa shape index (κ2) is 8.47. The monoisotopic (exact) mass is 468 g/mol. The fourth-order valence-electron chi connectivity index (χ4n) is 3.26. The number of fused-ring (bicyclic) bond motifs is 1. The SMILES string of the molecule is Cc1ccc(C)c2sc(N(CCCn3ccnc3)C(=O)c3cccc(Br)c3)nc12. The van der Waals surface area contributed by atoms with Crippen molar-refractivity contribution < 1.29 is 4.79 Å². The lowest BCUT2D eigenvalue weighted by atomic mass is 10.1. The molecule has 0 saturated heterocycles. The first-order valence-electron chi connectivity index (χ1n) is 9.43. The van der Waals surface area contributed by atoms with Gasteiger partial charge >= 0.3 is 0 Å². The number of imidazole rings is 1. The Bertz CT molecular complexity index is 1110. The van der Waals surface area contributed by atoms with E-state index in [9.17, 15) is 4.79 Å². The van der Waals surface area contributed by atoms with E-state index in [-0.39, 0.29) is 5.91 Å². The summed E-state index contributed by atoms with van der Waals surface area (Å²) in [5.74, 6) is -0.0358. The predicted molar refractivity (Wildman–Crippen MR) is 122 cm³/mol. The minimum atomic E-state index is -0.0358. The van der Waals surface area contributed by atoms with E-state index in [1.165, 1.54) is 5.56 Å². The number of nitrogens with zero attached hydrogens (tertiary/aromatic N) is 4. The number of anilines is 1. The van der Waals surface area contributed by atoms with Gasteiger partial charge in [-0.3, -0.25) is 9.69 Å². The van der Waals surface area contributed by atoms with Gasteiger partial charge in [0.2, 0.25) is 0 Å². The summed E-state index contributed by atoms with van der Waals surface area (Å²) < 4.78 is 4.05. The quantitative estimate of drug-likeness (QED) is 0.369. The van der Waals surface area contributed by atoms with Gasteiger partial charge in [0, 0.05) is 35.5 Å². The van der Waals surface area contributed by atoms with Crippen LogP contribution in [0, 0.1) is 13.8 Å². The van der Waals surface area contributed by atoms with Crippen LogP contribution in [0.1, 0.15) is 27.9 Å². The van der Waals surface area contributed by atoms with Gasteiger partial charge in [-0.1, -0.05) is 45.5 Å². The Hall–Kier alpha value is -2.51. The first-order chi connectivity index (χ1) is 14.0. The standard InChI is InChI=1S/C22H21BrN4OS/c1-15-7-8-16(2)20-19(15)25-22(29-20)27(11-4-10-26-12-9-24-14-26)21(28)17-5-3-6-18(23)13-17/h3,5-9,12-14H,4,10-11H2,1-2H3. The van der Waals surface area contributed by atoms with Gasteiger partial charge in [0.05, 0.1) is 16.5 Å². The first kappa shape index (κ1) is 19.8. The van der Waals surface area contributed by atoms with Crippen LogP contribution in [0.2, 0.25) is 0 Å². The molecule has 0 aliphatic heterocycles. The highest BCUT2D eigenvalue weighted by Crippen LogP contribution is 2.34. The van der Waals surface area contributed by atoms with Crippen molar-refractivity contribution in [1.82, 2.24) is 14.5 Å². The maximum Gasteiger partial charge on any atom is 0.260 e. The van der Waals surface area contributed by atoms with Gasteiger partial charge in [-0.25, -0.2) is 9.97 Å². The molecule has 0 radical (unpaired) electrons. The smallest absolute Gasteiger partial charge is 0.260 e. The summed E-state index contributed by atoms with van der Waals surface area (Å²) in [5.41, 5.74) is 3.94. The van der Waals surface area contributed by atoms with E-state index in [1.54, 1.807) is 23.9 Å². The fraction of sp³-hybridized carbons (Fsp3) is 0.227. The highest BCUT2D eigenvalue weighted by atomic mass is 79.9. The van der Waals surface area contributed by atoms with Gasteiger partial charge in [-0.05, 0) is 49.6 Å². The lowest BCUT2D eigenvalue weighted by Gasteiger charge is -2.20. The third kappa shape index (κ3) is 4.26. The Kier molecular flexibility index (Phi) is 5.78. The molecule has 5 nitrogen and oxygen atoms in total. The van der Waals surface area contributed by atoms with Crippen LogP contribution in [0.5, 0.6) is 0 Å². The predicted octanol–water partition coefficient (Wildman–Crippen LogP) is 5.61. The minimum Gasteiger partial charge on any atom is -0.337 e. The Morgan fingerprint density at radius 1 is 1.21 bits per heavy atom. The number of carbonyl (C=O) groups is 1. The molecular formula is C22H21BrN4OS. The Morgan fingerprint density at radius 3 is 2.76 bits per heavy atom. The van der Waals surface area contributed by atoms with Crippen molar-refractivity contribution in [3.8, 4) is 0 Å². The third-order valence-electron chi connectivity index (χ3n) is 4.84. The molecule has 0 aliphatic carbocycles. The molecule has 4 rings (SSSR count). The molecule has 2 heterocycles. The summed E-state index contributed by atoms with van der Waals surface area (Å²) in [7, 11) is 0. The molecule has 2 aromatic carbocycles. The van der Waals surface area contributed by atoms with Crippen molar-refractivity contribution in [3.63, 3.8) is 0 Å². The molecule has 1 amide bonds. The van der Waals surface area contributed by atoms with E-state index in [2.05, 4.69) is 46.9 Å². The van der Waals surface area contributed by atoms with Crippen LogP contribution in [-0.4, -0.2) is 27.0 Å². The molecule has 0 N–H and O–H groups in total. The lowest BCUT2D eigenvalue weighted by molar-refractivity contribution is 0.0986. The van der Waals surface area contributed by atoms with Crippen LogP contribution in [0.3, 0.4) is 0 Å². The number of carbonyl (C=O) groups excluding carboxylic acids is 1. The summed E-state index contributed by atoms with van der Waals surface area (Å²) in [4.78, 5) is 24.1. The van der Waals surface area contributed by atoms with Gasteiger partial charge in [0.15, 0.2) is 5.13 Å². The number of hydrogen-bond donors (Lipinski definition) is 0. The second-order valence-corrected chi connectivity index (χ2v) is 8.89. The zero-order valence-corrected chi connectivity index (χ0v) is 18.7. The molecule has 29 heavy (non-hydrogen) atoms. The molecule has 148 valence electrons. The number of amides is 1. The Morgan fingerprint density at radius 2 is 2.03 bits per heavy atom. The number of aryl methyl sites for hydroxylation is 3. The molecule has 0 bridgehead atoms. The lowest BCUT2D eigenvalue weighted by Crippen LogP contribution is -2.32. The molecule has 0 unspecified atom stereocenters. The van der Waals surface area contributed by atoms with Crippen molar-refractivity contribution in [2.45, 2.75) is 26.8 Å². The Balaban J connectivity index is 1.68. The number of aromatic nitrogens is 3. The zero-order valence-electron chi connectivity index (χ0n) is 16.3. The molecule has 0 saturated carbocycles. The molecule has 0 spiro atoms. The first-order valence-corrected chi connectivity index (χ1v) is 11.0. The second-order valence-electron chi connectivity index (χ2n) is 6.99. The maximum atomic E-state index is 13.4. The number of benzene rings is 2. The third-order valence-corrected chi connectivity index (χ3v) is 6.54. The van der Waals surface area contributed by atoms with Gasteiger partial charge in [0.25, 0.3) is 5.91 Å². The van der Waals surface area contributed by atoms with Crippen LogP contribution in [0.15, 0.2) is 59.6 Å². The highest BCUT2D eigenvalue weighted by molar-refractivity contribution is 9.10. The van der Waals surface area contributed by atoms with Crippen molar-refractivity contribution in [1.29, 1.82) is 0 Å². The molecule has 0 aliphatic rings. The van der Waals surface area contributed by atoms with Crippen LogP contribution < -0.4 is 4.90 Å². The van der Waals surface area contributed by atoms with E-state index < -0.39 is 0 Å². The van der Waals surface area contributed by atoms with Crippen LogP contribution in [-0.2, 0) is 6.54 Å². The normalized spacial score (nSPS) is 11.1. The number of halogens is 1. The average Bonchev–Trinajstić information content (AvgIpc) is 3.38. The number of rotatable bonds is 6. The van der Waals surface area contributed by atoms with Crippen LogP contribution >= 0.6 is 27.3 Å². The summed E-state index contributed by atoms with van der Waals surface area (Å²) in [6, 6.07) is 11.7. The van der Waals surface area contributed by atoms with Crippen molar-refractivity contribution >= 4 is 48.5 Å². The van der Waals surface area contributed by atoms with E-state index >= 15 is 0 Å². The van der Waals surface area contributed by atoms with E-state index in [0.29, 0.717) is 12.1 Å². The summed E-state index contributed by atoms with van der Waals surface area (Å²) in [6.45, 7) is 5.53. The van der Waals surface area contributed by atoms with Crippen molar-refractivity contribution in [3.05, 3.63) is 76.3 Å². The van der Waals surface area contributed by atoms with E-state index in [1.807, 2.05) is 39.9 Å². The molecule has 4 aromatic rings. The molecule has 2 aromatic heterocycles. The summed E-state index contributed by atoms with van der Waals surface area (Å²) in [6.07, 6.45) is 6.31. The highest BCUT2D eigenvalue weighted by Gasteiger charge is 2.22. The molecule has 7 heteroatoms. The van der Waals surface area contributed by atoms with Gasteiger partial charge in [-0.15, -0.1) is 0 Å². The van der Waals surface area contributed by atoms with E-state index in [4.69, 9.17) is 4.98 Å². The molecule has 0 fully saturated rings. The minimum absolute atomic E-state index is 0.0358. The van der Waals surface area contributed by atoms with Gasteiger partial charge < -0.3 is 4.57 Å². The van der Waals surface area contributed by atoms with Gasteiger partial charge in [-0.2, -0.15) is 0 Å². The van der Waals surface area contributed by atoms with Crippen molar-refractivity contribution in [2.24, 2.45) is 0 Å². The number of hydrogen-bond acceptors (Lipinski definition) is 4. The molecule has 0 atom stereocenters. The fourth-order valence-corrected chi connectivity index (χ4v) is 4.79. The molecular weight excluding hydrogens is 448 g/mol. The van der Waals surface area contributed by atoms with E-state index in [0.717, 1.165) is 38.3 Å². The Labute approximate surface area is 182 Å².